The van der Waals surface area contributed by atoms with Crippen molar-refractivity contribution in [3.05, 3.63) is 29.8 Å². The van der Waals surface area contributed by atoms with Crippen LogP contribution in [0.1, 0.15) is 12.8 Å². The highest BCUT2D eigenvalue weighted by Gasteiger charge is 2.34. The van der Waals surface area contributed by atoms with E-state index in [-0.39, 0.29) is 18.5 Å². The number of benzene rings is 1. The van der Waals surface area contributed by atoms with Gasteiger partial charge in [0.2, 0.25) is 0 Å². The third kappa shape index (κ3) is 3.05. The Balaban J connectivity index is 1.98. The summed E-state index contributed by atoms with van der Waals surface area (Å²) in [7, 11) is 0. The first-order valence-corrected chi connectivity index (χ1v) is 5.61. The lowest BCUT2D eigenvalue weighted by molar-refractivity contribution is -0.150. The van der Waals surface area contributed by atoms with Crippen LogP contribution in [-0.4, -0.2) is 29.2 Å². The van der Waals surface area contributed by atoms with Crippen molar-refractivity contribution in [2.45, 2.75) is 25.0 Å². The normalized spacial score (nSPS) is 22.2. The SMILES string of the molecule is O=C(Nc1ccc(F)c(F)c1)[C@@H]1CC[C@H](C(=O)O)O1. The van der Waals surface area contributed by atoms with Gasteiger partial charge >= 0.3 is 5.97 Å². The van der Waals surface area contributed by atoms with Crippen molar-refractivity contribution in [1.29, 1.82) is 0 Å². The number of carbonyl (C=O) groups excluding carboxylic acids is 1. The number of hydrogen-bond acceptors (Lipinski definition) is 3. The molecule has 7 heteroatoms. The van der Waals surface area contributed by atoms with Crippen LogP contribution in [0, 0.1) is 11.6 Å². The van der Waals surface area contributed by atoms with E-state index in [9.17, 15) is 18.4 Å². The average molecular weight is 271 g/mol. The fourth-order valence-corrected chi connectivity index (χ4v) is 1.81. The molecular formula is C12H11F2NO4. The molecule has 0 saturated carbocycles. The summed E-state index contributed by atoms with van der Waals surface area (Å²) in [5, 5.41) is 11.1. The molecular weight excluding hydrogens is 260 g/mol. The fourth-order valence-electron chi connectivity index (χ4n) is 1.81. The van der Waals surface area contributed by atoms with Crippen molar-refractivity contribution in [3.63, 3.8) is 0 Å². The zero-order valence-corrected chi connectivity index (χ0v) is 9.73. The molecule has 2 atom stereocenters. The smallest absolute Gasteiger partial charge is 0.332 e. The number of amides is 1. The molecule has 2 rings (SSSR count). The summed E-state index contributed by atoms with van der Waals surface area (Å²) in [5.41, 5.74) is 0.0891. The molecule has 1 aliphatic heterocycles. The highest BCUT2D eigenvalue weighted by molar-refractivity contribution is 5.94. The lowest BCUT2D eigenvalue weighted by Crippen LogP contribution is -2.29. The Labute approximate surface area is 107 Å². The molecule has 1 saturated heterocycles. The number of carboxylic acids is 1. The minimum Gasteiger partial charge on any atom is -0.479 e. The Morgan fingerprint density at radius 3 is 2.47 bits per heavy atom. The first-order valence-electron chi connectivity index (χ1n) is 5.61. The summed E-state index contributed by atoms with van der Waals surface area (Å²) in [4.78, 5) is 22.4. The minimum atomic E-state index is -1.12. The molecule has 19 heavy (non-hydrogen) atoms. The number of aliphatic carboxylic acids is 1. The summed E-state index contributed by atoms with van der Waals surface area (Å²) in [6.45, 7) is 0. The molecule has 1 fully saturated rings. The average Bonchev–Trinajstić information content (AvgIpc) is 2.83. The number of anilines is 1. The van der Waals surface area contributed by atoms with Crippen molar-refractivity contribution in [2.75, 3.05) is 5.32 Å². The lowest BCUT2D eigenvalue weighted by atomic mass is 10.2. The van der Waals surface area contributed by atoms with Crippen LogP contribution in [0.25, 0.3) is 0 Å². The summed E-state index contributed by atoms with van der Waals surface area (Å²) in [5.74, 6) is -3.78. The van der Waals surface area contributed by atoms with Gasteiger partial charge in [0.1, 0.15) is 6.10 Å². The van der Waals surface area contributed by atoms with Crippen molar-refractivity contribution in [1.82, 2.24) is 0 Å². The molecule has 102 valence electrons. The monoisotopic (exact) mass is 271 g/mol. The standard InChI is InChI=1S/C12H11F2NO4/c13-7-2-1-6(5-8(7)14)15-11(16)9-3-4-10(19-9)12(17)18/h1-2,5,9-10H,3-4H2,(H,15,16)(H,17,18)/t9-,10+/m0/s1. The molecule has 0 bridgehead atoms. The lowest BCUT2D eigenvalue weighted by Gasteiger charge is -2.11. The molecule has 5 nitrogen and oxygen atoms in total. The van der Waals surface area contributed by atoms with E-state index in [1.807, 2.05) is 0 Å². The first kappa shape index (κ1) is 13.4. The molecule has 1 heterocycles. The van der Waals surface area contributed by atoms with E-state index in [0.717, 1.165) is 12.1 Å². The zero-order chi connectivity index (χ0) is 14.0. The van der Waals surface area contributed by atoms with Gasteiger partial charge in [-0.25, -0.2) is 13.6 Å². The summed E-state index contributed by atoms with van der Waals surface area (Å²) >= 11 is 0. The number of hydrogen-bond donors (Lipinski definition) is 2. The molecule has 0 unspecified atom stereocenters. The van der Waals surface area contributed by atoms with E-state index in [1.165, 1.54) is 6.07 Å². The second kappa shape index (κ2) is 5.31. The zero-order valence-electron chi connectivity index (χ0n) is 9.73. The molecule has 0 radical (unpaired) electrons. The van der Waals surface area contributed by atoms with Gasteiger partial charge in [-0.1, -0.05) is 0 Å². The van der Waals surface area contributed by atoms with Gasteiger partial charge in [0.05, 0.1) is 0 Å². The van der Waals surface area contributed by atoms with E-state index in [0.29, 0.717) is 0 Å². The molecule has 0 aliphatic carbocycles. The molecule has 0 spiro atoms. The van der Waals surface area contributed by atoms with Crippen molar-refractivity contribution < 1.29 is 28.2 Å². The van der Waals surface area contributed by atoms with Crippen LogP contribution < -0.4 is 5.32 Å². The quantitative estimate of drug-likeness (QED) is 0.874. The predicted molar refractivity (Wildman–Crippen MR) is 60.5 cm³/mol. The Hall–Kier alpha value is -2.02. The Bertz CT molecular complexity index is 520. The maximum Gasteiger partial charge on any atom is 0.332 e. The third-order valence-corrected chi connectivity index (χ3v) is 2.77. The number of carbonyl (C=O) groups is 2. The first-order chi connectivity index (χ1) is 8.97. The second-order valence-corrected chi connectivity index (χ2v) is 4.15. The molecule has 1 aromatic carbocycles. The van der Waals surface area contributed by atoms with Crippen LogP contribution in [0.4, 0.5) is 14.5 Å². The Kier molecular flexibility index (Phi) is 3.75. The highest BCUT2D eigenvalue weighted by atomic mass is 19.2. The largest absolute Gasteiger partial charge is 0.479 e. The van der Waals surface area contributed by atoms with Crippen molar-refractivity contribution in [2.24, 2.45) is 0 Å². The van der Waals surface area contributed by atoms with E-state index in [4.69, 9.17) is 9.84 Å². The summed E-state index contributed by atoms with van der Waals surface area (Å²) in [6, 6.07) is 2.94. The van der Waals surface area contributed by atoms with E-state index < -0.39 is 35.7 Å². The Morgan fingerprint density at radius 1 is 1.21 bits per heavy atom. The molecule has 1 amide bonds. The van der Waals surface area contributed by atoms with Crippen LogP contribution >= 0.6 is 0 Å². The molecule has 2 N–H and O–H groups in total. The molecule has 1 aliphatic rings. The van der Waals surface area contributed by atoms with Gasteiger partial charge < -0.3 is 15.2 Å². The molecule has 0 aromatic heterocycles. The number of halogens is 2. The number of rotatable bonds is 3. The van der Waals surface area contributed by atoms with E-state index in [1.54, 1.807) is 0 Å². The van der Waals surface area contributed by atoms with Gasteiger partial charge in [0.25, 0.3) is 5.91 Å². The van der Waals surface area contributed by atoms with Crippen molar-refractivity contribution >= 4 is 17.6 Å². The topological polar surface area (TPSA) is 75.6 Å². The number of nitrogens with one attached hydrogen (secondary N) is 1. The number of ether oxygens (including phenoxy) is 1. The Morgan fingerprint density at radius 2 is 1.89 bits per heavy atom. The third-order valence-electron chi connectivity index (χ3n) is 2.77. The maximum absolute atomic E-state index is 12.9. The number of carboxylic acid groups (broad SMARTS) is 1. The highest BCUT2D eigenvalue weighted by Crippen LogP contribution is 2.22. The van der Waals surface area contributed by atoms with Crippen LogP contribution in [0.2, 0.25) is 0 Å². The molecule has 1 aromatic rings. The van der Waals surface area contributed by atoms with Gasteiger partial charge in [-0.3, -0.25) is 4.79 Å². The van der Waals surface area contributed by atoms with Gasteiger partial charge in [-0.2, -0.15) is 0 Å². The van der Waals surface area contributed by atoms with Gasteiger partial charge in [0, 0.05) is 11.8 Å². The second-order valence-electron chi connectivity index (χ2n) is 4.15. The predicted octanol–water partition coefficient (Wildman–Crippen LogP) is 1.54. The van der Waals surface area contributed by atoms with Gasteiger partial charge in [-0.15, -0.1) is 0 Å². The summed E-state index contributed by atoms with van der Waals surface area (Å²) in [6.07, 6.45) is -1.38. The van der Waals surface area contributed by atoms with Gasteiger partial charge in [0.15, 0.2) is 17.7 Å². The maximum atomic E-state index is 12.9. The van der Waals surface area contributed by atoms with E-state index >= 15 is 0 Å². The van der Waals surface area contributed by atoms with Crippen LogP contribution in [0.15, 0.2) is 18.2 Å². The van der Waals surface area contributed by atoms with Crippen LogP contribution in [0.5, 0.6) is 0 Å². The fraction of sp³-hybridized carbons (Fsp3) is 0.333. The minimum absolute atomic E-state index is 0.0891. The summed E-state index contributed by atoms with van der Waals surface area (Å²) < 4.78 is 30.7. The van der Waals surface area contributed by atoms with E-state index in [2.05, 4.69) is 5.32 Å². The van der Waals surface area contributed by atoms with Crippen LogP contribution in [0.3, 0.4) is 0 Å². The van der Waals surface area contributed by atoms with Crippen LogP contribution in [-0.2, 0) is 14.3 Å². The van der Waals surface area contributed by atoms with Gasteiger partial charge in [-0.05, 0) is 25.0 Å². The van der Waals surface area contributed by atoms with Crippen molar-refractivity contribution in [3.8, 4) is 0 Å².